The molecule has 1 atom stereocenters. The molecule has 1 fully saturated rings. The average Bonchev–Trinajstić information content (AvgIpc) is 2.88. The molecule has 0 spiro atoms. The lowest BCUT2D eigenvalue weighted by Gasteiger charge is -2.33. The number of aliphatic carboxylic acids is 2. The van der Waals surface area contributed by atoms with Crippen LogP contribution in [0.2, 0.25) is 0 Å². The number of nitrogens with two attached hydrogens (primary N) is 1. The minimum absolute atomic E-state index is 0.0811. The molecular weight excluding hydrogens is 482 g/mol. The Morgan fingerprint density at radius 2 is 1.81 bits per heavy atom. The maximum Gasteiger partial charge on any atom is 0.372 e. The predicted octanol–water partition coefficient (Wildman–Crippen LogP) is 0.817. The number of amides is 1. The summed E-state index contributed by atoms with van der Waals surface area (Å²) in [6, 6.07) is 7.18. The van der Waals surface area contributed by atoms with Crippen LogP contribution in [0.15, 0.2) is 42.7 Å². The number of carboxylic acid groups (broad SMARTS) is 2. The minimum Gasteiger partial charge on any atom is -0.491 e. The first kappa shape index (κ1) is 27.1. The van der Waals surface area contributed by atoms with E-state index in [1.54, 1.807) is 12.4 Å². The Morgan fingerprint density at radius 1 is 1.14 bits per heavy atom. The fourth-order valence-corrected chi connectivity index (χ4v) is 4.08. The molecule has 0 radical (unpaired) electrons. The SMILES string of the molecule is N=C(N)c1ccc(CC(=O)C(=O)O)c(OC[C@@H](CC(=O)O)NC(=O)C2CCN(c3ccncc3)CC2)c1. The number of ether oxygens (including phenoxy) is 1. The Balaban J connectivity index is 1.66. The van der Waals surface area contributed by atoms with Crippen LogP contribution in [-0.4, -0.2) is 70.4 Å². The van der Waals surface area contributed by atoms with Crippen LogP contribution in [0.3, 0.4) is 0 Å². The molecule has 1 saturated heterocycles. The molecule has 12 nitrogen and oxygen atoms in total. The summed E-state index contributed by atoms with van der Waals surface area (Å²) in [7, 11) is 0. The highest BCUT2D eigenvalue weighted by atomic mass is 16.5. The first-order valence-electron chi connectivity index (χ1n) is 11.7. The summed E-state index contributed by atoms with van der Waals surface area (Å²) in [5.41, 5.74) is 7.07. The van der Waals surface area contributed by atoms with E-state index in [1.807, 2.05) is 12.1 Å². The lowest BCUT2D eigenvalue weighted by Crippen LogP contribution is -2.46. The van der Waals surface area contributed by atoms with Crippen molar-refractivity contribution in [2.45, 2.75) is 31.7 Å². The second kappa shape index (κ2) is 12.5. The van der Waals surface area contributed by atoms with Crippen LogP contribution in [0.4, 0.5) is 5.69 Å². The van der Waals surface area contributed by atoms with Crippen LogP contribution >= 0.6 is 0 Å². The summed E-state index contributed by atoms with van der Waals surface area (Å²) < 4.78 is 5.75. The number of pyridine rings is 1. The molecule has 1 aliphatic rings. The number of carbonyl (C=O) groups excluding carboxylic acids is 2. The maximum absolute atomic E-state index is 12.9. The van der Waals surface area contributed by atoms with E-state index in [0.717, 1.165) is 5.69 Å². The number of piperidine rings is 1. The number of aromatic nitrogens is 1. The fourth-order valence-electron chi connectivity index (χ4n) is 4.08. The van der Waals surface area contributed by atoms with Gasteiger partial charge in [0.25, 0.3) is 0 Å². The smallest absolute Gasteiger partial charge is 0.372 e. The van der Waals surface area contributed by atoms with Gasteiger partial charge in [0.15, 0.2) is 0 Å². The van der Waals surface area contributed by atoms with Crippen LogP contribution in [0.25, 0.3) is 0 Å². The van der Waals surface area contributed by atoms with Gasteiger partial charge in [0.05, 0.1) is 12.5 Å². The zero-order valence-electron chi connectivity index (χ0n) is 20.1. The second-order valence-electron chi connectivity index (χ2n) is 8.72. The van der Waals surface area contributed by atoms with Gasteiger partial charge in [-0.3, -0.25) is 24.8 Å². The molecule has 37 heavy (non-hydrogen) atoms. The molecule has 3 rings (SSSR count). The van der Waals surface area contributed by atoms with Crippen molar-refractivity contribution in [2.24, 2.45) is 11.7 Å². The van der Waals surface area contributed by atoms with E-state index < -0.39 is 36.6 Å². The maximum atomic E-state index is 12.9. The van der Waals surface area contributed by atoms with Crippen molar-refractivity contribution in [2.75, 3.05) is 24.6 Å². The third-order valence-corrected chi connectivity index (χ3v) is 6.07. The van der Waals surface area contributed by atoms with Crippen LogP contribution in [0.5, 0.6) is 5.75 Å². The van der Waals surface area contributed by atoms with E-state index in [0.29, 0.717) is 25.9 Å². The number of hydrogen-bond acceptors (Lipinski definition) is 8. The van der Waals surface area contributed by atoms with Gasteiger partial charge >= 0.3 is 11.9 Å². The number of hydrogen-bond donors (Lipinski definition) is 5. The number of rotatable bonds is 12. The van der Waals surface area contributed by atoms with E-state index in [-0.39, 0.29) is 41.1 Å². The molecule has 0 saturated carbocycles. The molecule has 0 bridgehead atoms. The molecule has 1 aliphatic heterocycles. The molecular formula is C25H29N5O7. The summed E-state index contributed by atoms with van der Waals surface area (Å²) in [4.78, 5) is 53.3. The van der Waals surface area contributed by atoms with E-state index in [4.69, 9.17) is 21.0 Å². The first-order valence-corrected chi connectivity index (χ1v) is 11.7. The van der Waals surface area contributed by atoms with Gasteiger partial charge in [0.2, 0.25) is 11.7 Å². The highest BCUT2D eigenvalue weighted by molar-refractivity contribution is 6.33. The molecule has 1 aromatic carbocycles. The summed E-state index contributed by atoms with van der Waals surface area (Å²) >= 11 is 0. The van der Waals surface area contributed by atoms with E-state index in [1.165, 1.54) is 18.2 Å². The second-order valence-corrected chi connectivity index (χ2v) is 8.72. The standard InChI is InChI=1S/C25H29N5O7/c26-23(27)17-2-1-16(11-20(31)25(35)36)21(12-17)37-14-18(13-22(32)33)29-24(34)15-5-9-30(10-6-15)19-3-7-28-8-4-19/h1-4,7-8,12,15,18H,5-6,9-11,13-14H2,(H3,26,27)(H,29,34)(H,32,33)(H,35,36)/t18-/m1/s1. The van der Waals surface area contributed by atoms with Crippen molar-refractivity contribution < 1.29 is 34.1 Å². The third-order valence-electron chi connectivity index (χ3n) is 6.07. The van der Waals surface area contributed by atoms with Gasteiger partial charge in [-0.1, -0.05) is 12.1 Å². The molecule has 1 aromatic heterocycles. The van der Waals surface area contributed by atoms with Gasteiger partial charge in [0.1, 0.15) is 18.2 Å². The predicted molar refractivity (Wildman–Crippen MR) is 133 cm³/mol. The van der Waals surface area contributed by atoms with Crippen molar-refractivity contribution in [3.63, 3.8) is 0 Å². The van der Waals surface area contributed by atoms with Gasteiger partial charge in [-0.2, -0.15) is 0 Å². The molecule has 2 aromatic rings. The number of nitrogens with one attached hydrogen (secondary N) is 2. The summed E-state index contributed by atoms with van der Waals surface area (Å²) in [6.45, 7) is 1.09. The molecule has 1 amide bonds. The van der Waals surface area contributed by atoms with Crippen LogP contribution in [0, 0.1) is 11.3 Å². The van der Waals surface area contributed by atoms with Crippen LogP contribution < -0.4 is 20.7 Å². The number of nitrogens with zero attached hydrogens (tertiary/aromatic N) is 2. The normalized spacial score (nSPS) is 14.4. The molecule has 0 unspecified atom stereocenters. The Morgan fingerprint density at radius 3 is 2.41 bits per heavy atom. The Bertz CT molecular complexity index is 1160. The highest BCUT2D eigenvalue weighted by Crippen LogP contribution is 2.24. The highest BCUT2D eigenvalue weighted by Gasteiger charge is 2.28. The van der Waals surface area contributed by atoms with Crippen molar-refractivity contribution in [3.8, 4) is 5.75 Å². The summed E-state index contributed by atoms with van der Waals surface area (Å²) in [5.74, 6) is -4.56. The van der Waals surface area contributed by atoms with Crippen molar-refractivity contribution >= 4 is 35.2 Å². The molecule has 12 heteroatoms. The summed E-state index contributed by atoms with van der Waals surface area (Å²) in [6.07, 6.45) is 3.74. The number of benzene rings is 1. The zero-order chi connectivity index (χ0) is 26.9. The number of anilines is 1. The van der Waals surface area contributed by atoms with Crippen LogP contribution in [-0.2, 0) is 25.6 Å². The Hall–Kier alpha value is -4.48. The number of amidine groups is 1. The lowest BCUT2D eigenvalue weighted by molar-refractivity contribution is -0.148. The monoisotopic (exact) mass is 511 g/mol. The first-order chi connectivity index (χ1) is 17.6. The molecule has 2 heterocycles. The van der Waals surface area contributed by atoms with Crippen molar-refractivity contribution in [1.82, 2.24) is 10.3 Å². The van der Waals surface area contributed by atoms with Gasteiger partial charge in [-0.05, 0) is 31.0 Å². The Kier molecular flexibility index (Phi) is 9.14. The van der Waals surface area contributed by atoms with Gasteiger partial charge in [-0.15, -0.1) is 0 Å². The van der Waals surface area contributed by atoms with Gasteiger partial charge in [-0.25, -0.2) is 4.79 Å². The van der Waals surface area contributed by atoms with E-state index in [2.05, 4.69) is 15.2 Å². The third kappa shape index (κ3) is 7.75. The zero-order valence-corrected chi connectivity index (χ0v) is 20.1. The number of nitrogen functional groups attached to an aromatic ring is 1. The Labute approximate surface area is 212 Å². The largest absolute Gasteiger partial charge is 0.491 e. The van der Waals surface area contributed by atoms with Crippen LogP contribution in [0.1, 0.15) is 30.4 Å². The molecule has 6 N–H and O–H groups in total. The molecule has 196 valence electrons. The lowest BCUT2D eigenvalue weighted by atomic mass is 9.95. The van der Waals surface area contributed by atoms with Gasteiger partial charge < -0.3 is 30.9 Å². The topological polar surface area (TPSA) is 196 Å². The van der Waals surface area contributed by atoms with E-state index >= 15 is 0 Å². The average molecular weight is 512 g/mol. The number of carbonyl (C=O) groups is 4. The summed E-state index contributed by atoms with van der Waals surface area (Å²) in [5, 5.41) is 28.7. The minimum atomic E-state index is -1.60. The fraction of sp³-hybridized carbons (Fsp3) is 0.360. The van der Waals surface area contributed by atoms with Gasteiger partial charge in [0, 0.05) is 54.6 Å². The number of ketones is 1. The number of Topliss-reactive ketones (excluding diaryl/α,β-unsaturated/α-hetero) is 1. The number of carboxylic acids is 2. The van der Waals surface area contributed by atoms with Crippen molar-refractivity contribution in [3.05, 3.63) is 53.9 Å². The van der Waals surface area contributed by atoms with E-state index in [9.17, 15) is 24.3 Å². The van der Waals surface area contributed by atoms with Crippen molar-refractivity contribution in [1.29, 1.82) is 5.41 Å². The quantitative estimate of drug-likeness (QED) is 0.154. The molecule has 0 aliphatic carbocycles.